The summed E-state index contributed by atoms with van der Waals surface area (Å²) < 4.78 is 1.95. The summed E-state index contributed by atoms with van der Waals surface area (Å²) in [5.74, 6) is 0.467. The molecule has 0 fully saturated rings. The maximum absolute atomic E-state index is 4.64. The molecule has 0 spiro atoms. The van der Waals surface area contributed by atoms with Gasteiger partial charge in [0.25, 0.3) is 0 Å². The summed E-state index contributed by atoms with van der Waals surface area (Å²) in [6, 6.07) is 2.16. The molecule has 0 atom stereocenters. The molecule has 2 heterocycles. The van der Waals surface area contributed by atoms with Gasteiger partial charge in [-0.2, -0.15) is 5.10 Å². The molecule has 2 rings (SSSR count). The zero-order chi connectivity index (χ0) is 13.0. The minimum atomic E-state index is 0.467. The van der Waals surface area contributed by atoms with Gasteiger partial charge in [0.2, 0.25) is 0 Å². The Morgan fingerprint density at radius 2 is 1.94 bits per heavy atom. The van der Waals surface area contributed by atoms with Gasteiger partial charge in [-0.1, -0.05) is 34.6 Å². The number of hydrogen-bond acceptors (Lipinski definition) is 2. The maximum atomic E-state index is 4.64. The van der Waals surface area contributed by atoms with Crippen molar-refractivity contribution in [2.45, 2.75) is 53.9 Å². The fraction of sp³-hybridized carbons (Fsp3) is 0.571. The van der Waals surface area contributed by atoms with Crippen molar-refractivity contribution in [3.8, 4) is 0 Å². The van der Waals surface area contributed by atoms with Gasteiger partial charge in [0.15, 0.2) is 5.65 Å². The zero-order valence-corrected chi connectivity index (χ0v) is 11.8. The van der Waals surface area contributed by atoms with Crippen LogP contribution in [0.5, 0.6) is 0 Å². The number of fused-ring (bicyclic) bond motifs is 1. The Morgan fingerprint density at radius 3 is 2.47 bits per heavy atom. The molecule has 0 aliphatic carbocycles. The third kappa shape index (κ3) is 2.65. The molecular formula is C14H23N3. The van der Waals surface area contributed by atoms with Crippen molar-refractivity contribution in [2.24, 2.45) is 0 Å². The molecule has 3 nitrogen and oxygen atoms in total. The van der Waals surface area contributed by atoms with E-state index in [-0.39, 0.29) is 0 Å². The second kappa shape index (κ2) is 5.80. The van der Waals surface area contributed by atoms with Crippen LogP contribution in [0.4, 0.5) is 0 Å². The Kier molecular flexibility index (Phi) is 4.67. The van der Waals surface area contributed by atoms with Gasteiger partial charge >= 0.3 is 0 Å². The van der Waals surface area contributed by atoms with Gasteiger partial charge in [-0.25, -0.2) is 9.50 Å². The molecule has 0 amide bonds. The van der Waals surface area contributed by atoms with E-state index in [9.17, 15) is 0 Å². The van der Waals surface area contributed by atoms with Gasteiger partial charge in [0.05, 0.1) is 6.20 Å². The smallest absolute Gasteiger partial charge is 0.158 e. The normalized spacial score (nSPS) is 10.5. The lowest BCUT2D eigenvalue weighted by Gasteiger charge is -2.08. The Morgan fingerprint density at radius 1 is 1.29 bits per heavy atom. The SMILES string of the molecule is CC.CCc1cc(C(C)C)nc2c(C)cnn12. The topological polar surface area (TPSA) is 30.2 Å². The maximum Gasteiger partial charge on any atom is 0.158 e. The minimum absolute atomic E-state index is 0.467. The largest absolute Gasteiger partial charge is 0.233 e. The van der Waals surface area contributed by atoms with E-state index in [1.165, 1.54) is 5.69 Å². The predicted octanol–water partition coefficient (Wildman–Crippen LogP) is 3.75. The third-order valence-corrected chi connectivity index (χ3v) is 2.70. The lowest BCUT2D eigenvalue weighted by Crippen LogP contribution is -2.04. The summed E-state index contributed by atoms with van der Waals surface area (Å²) >= 11 is 0. The van der Waals surface area contributed by atoms with Crippen molar-refractivity contribution in [1.82, 2.24) is 14.6 Å². The van der Waals surface area contributed by atoms with Gasteiger partial charge in [0, 0.05) is 17.0 Å². The lowest BCUT2D eigenvalue weighted by atomic mass is 10.1. The Hall–Kier alpha value is -1.38. The van der Waals surface area contributed by atoms with Crippen molar-refractivity contribution in [3.05, 3.63) is 29.2 Å². The molecule has 0 aliphatic heterocycles. The van der Waals surface area contributed by atoms with Crippen LogP contribution in [0.2, 0.25) is 0 Å². The van der Waals surface area contributed by atoms with Crippen LogP contribution in [0.3, 0.4) is 0 Å². The Bertz CT molecular complexity index is 483. The van der Waals surface area contributed by atoms with Gasteiger partial charge < -0.3 is 0 Å². The van der Waals surface area contributed by atoms with Crippen LogP contribution >= 0.6 is 0 Å². The molecule has 17 heavy (non-hydrogen) atoms. The van der Waals surface area contributed by atoms with Crippen molar-refractivity contribution in [2.75, 3.05) is 0 Å². The molecule has 3 heteroatoms. The molecule has 0 unspecified atom stereocenters. The lowest BCUT2D eigenvalue weighted by molar-refractivity contribution is 0.781. The molecule has 0 saturated heterocycles. The summed E-state index contributed by atoms with van der Waals surface area (Å²) in [4.78, 5) is 4.64. The molecule has 0 aliphatic rings. The van der Waals surface area contributed by atoms with E-state index in [0.29, 0.717) is 5.92 Å². The first-order valence-electron chi connectivity index (χ1n) is 6.47. The first kappa shape index (κ1) is 13.7. The minimum Gasteiger partial charge on any atom is -0.233 e. The second-order valence-corrected chi connectivity index (χ2v) is 4.24. The fourth-order valence-corrected chi connectivity index (χ4v) is 1.70. The highest BCUT2D eigenvalue weighted by atomic mass is 15.3. The predicted molar refractivity (Wildman–Crippen MR) is 72.5 cm³/mol. The van der Waals surface area contributed by atoms with Crippen molar-refractivity contribution in [1.29, 1.82) is 0 Å². The first-order valence-corrected chi connectivity index (χ1v) is 6.47. The van der Waals surface area contributed by atoms with Crippen molar-refractivity contribution in [3.63, 3.8) is 0 Å². The average molecular weight is 233 g/mol. The van der Waals surface area contributed by atoms with Crippen LogP contribution in [0.25, 0.3) is 5.65 Å². The molecule has 0 radical (unpaired) electrons. The third-order valence-electron chi connectivity index (χ3n) is 2.70. The highest BCUT2D eigenvalue weighted by Crippen LogP contribution is 2.17. The van der Waals surface area contributed by atoms with E-state index in [0.717, 1.165) is 23.3 Å². The summed E-state index contributed by atoms with van der Waals surface area (Å²) in [6.07, 6.45) is 2.87. The highest BCUT2D eigenvalue weighted by molar-refractivity contribution is 5.47. The van der Waals surface area contributed by atoms with Gasteiger partial charge in [0.1, 0.15) is 0 Å². The highest BCUT2D eigenvalue weighted by Gasteiger charge is 2.09. The average Bonchev–Trinajstić information content (AvgIpc) is 2.72. The van der Waals surface area contributed by atoms with Gasteiger partial charge in [-0.15, -0.1) is 0 Å². The van der Waals surface area contributed by atoms with E-state index in [1.54, 1.807) is 0 Å². The zero-order valence-electron chi connectivity index (χ0n) is 11.8. The molecule has 0 bridgehead atoms. The molecule has 0 saturated carbocycles. The molecule has 2 aromatic rings. The quantitative estimate of drug-likeness (QED) is 0.790. The molecule has 0 aromatic carbocycles. The molecular weight excluding hydrogens is 210 g/mol. The number of aryl methyl sites for hydroxylation is 2. The van der Waals surface area contributed by atoms with Gasteiger partial charge in [-0.05, 0) is 25.3 Å². The first-order chi connectivity index (χ1) is 8.13. The van der Waals surface area contributed by atoms with Crippen LogP contribution < -0.4 is 0 Å². The summed E-state index contributed by atoms with van der Waals surface area (Å²) in [6.45, 7) is 12.5. The fourth-order valence-electron chi connectivity index (χ4n) is 1.70. The van der Waals surface area contributed by atoms with E-state index in [1.807, 2.05) is 24.6 Å². The summed E-state index contributed by atoms with van der Waals surface area (Å²) in [5, 5.41) is 4.34. The Labute approximate surface area is 104 Å². The summed E-state index contributed by atoms with van der Waals surface area (Å²) in [7, 11) is 0. The van der Waals surface area contributed by atoms with Crippen LogP contribution in [-0.4, -0.2) is 14.6 Å². The van der Waals surface area contributed by atoms with Crippen LogP contribution in [0, 0.1) is 6.92 Å². The molecule has 0 N–H and O–H groups in total. The van der Waals surface area contributed by atoms with Crippen LogP contribution in [-0.2, 0) is 6.42 Å². The molecule has 2 aromatic heterocycles. The van der Waals surface area contributed by atoms with Gasteiger partial charge in [-0.3, -0.25) is 0 Å². The Balaban J connectivity index is 0.000000686. The summed E-state index contributed by atoms with van der Waals surface area (Å²) in [5.41, 5.74) is 4.53. The van der Waals surface area contributed by atoms with E-state index < -0.39 is 0 Å². The number of aromatic nitrogens is 3. The monoisotopic (exact) mass is 233 g/mol. The standard InChI is InChI=1S/C12H17N3.C2H6/c1-5-10-6-11(8(2)3)14-12-9(4)7-13-15(10)12;1-2/h6-8H,5H2,1-4H3;1-2H3. The number of nitrogens with zero attached hydrogens (tertiary/aromatic N) is 3. The van der Waals surface area contributed by atoms with Crippen molar-refractivity contribution >= 4 is 5.65 Å². The van der Waals surface area contributed by atoms with E-state index in [2.05, 4.69) is 43.8 Å². The van der Waals surface area contributed by atoms with E-state index >= 15 is 0 Å². The second-order valence-electron chi connectivity index (χ2n) is 4.24. The van der Waals surface area contributed by atoms with Crippen LogP contribution in [0.15, 0.2) is 12.3 Å². The van der Waals surface area contributed by atoms with E-state index in [4.69, 9.17) is 0 Å². The number of rotatable bonds is 2. The van der Waals surface area contributed by atoms with Crippen LogP contribution in [0.1, 0.15) is 57.5 Å². The molecule has 94 valence electrons. The van der Waals surface area contributed by atoms with Crippen molar-refractivity contribution < 1.29 is 0 Å². The number of hydrogen-bond donors (Lipinski definition) is 0.